The van der Waals surface area contributed by atoms with E-state index in [0.29, 0.717) is 6.61 Å². The highest BCUT2D eigenvalue weighted by atomic mass is 16.5. The van der Waals surface area contributed by atoms with Crippen LogP contribution in [0.3, 0.4) is 0 Å². The first kappa shape index (κ1) is 12.0. The van der Waals surface area contributed by atoms with Crippen molar-refractivity contribution in [3.8, 4) is 0 Å². The van der Waals surface area contributed by atoms with Gasteiger partial charge in [0.25, 0.3) is 0 Å². The van der Waals surface area contributed by atoms with Crippen molar-refractivity contribution in [3.63, 3.8) is 0 Å². The monoisotopic (exact) mass is 232 g/mol. The lowest BCUT2D eigenvalue weighted by Gasteiger charge is -2.09. The van der Waals surface area contributed by atoms with Crippen molar-refractivity contribution >= 4 is 6.09 Å². The minimum atomic E-state index is -0.396. The van der Waals surface area contributed by atoms with E-state index < -0.39 is 6.09 Å². The van der Waals surface area contributed by atoms with Gasteiger partial charge in [0.15, 0.2) is 0 Å². The number of rotatable bonds is 4. The second-order valence-corrected chi connectivity index (χ2v) is 4.42. The Kier molecular flexibility index (Phi) is 4.42. The molecule has 0 atom stereocenters. The number of amides is 1. The SMILES string of the molecule is O=C([N]C1CCCC1)OCCc1ccccc1. The summed E-state index contributed by atoms with van der Waals surface area (Å²) in [4.78, 5) is 11.4. The lowest BCUT2D eigenvalue weighted by Crippen LogP contribution is -2.26. The van der Waals surface area contributed by atoms with Gasteiger partial charge < -0.3 is 4.74 Å². The van der Waals surface area contributed by atoms with Crippen LogP contribution in [-0.4, -0.2) is 18.7 Å². The molecule has 91 valence electrons. The zero-order chi connectivity index (χ0) is 11.9. The number of carbonyl (C=O) groups excluding carboxylic acids is 1. The van der Waals surface area contributed by atoms with Crippen LogP contribution in [0.2, 0.25) is 0 Å². The van der Waals surface area contributed by atoms with E-state index in [4.69, 9.17) is 4.74 Å². The Balaban J connectivity index is 1.63. The van der Waals surface area contributed by atoms with Gasteiger partial charge in [-0.05, 0) is 18.4 Å². The highest BCUT2D eigenvalue weighted by Crippen LogP contribution is 2.18. The van der Waals surface area contributed by atoms with Gasteiger partial charge in [-0.25, -0.2) is 10.1 Å². The molecule has 0 heterocycles. The van der Waals surface area contributed by atoms with Crippen LogP contribution >= 0.6 is 0 Å². The molecular formula is C14H18NO2. The summed E-state index contributed by atoms with van der Waals surface area (Å²) in [5.41, 5.74) is 1.18. The predicted octanol–water partition coefficient (Wildman–Crippen LogP) is 2.91. The largest absolute Gasteiger partial charge is 0.448 e. The van der Waals surface area contributed by atoms with Gasteiger partial charge in [0.05, 0.1) is 12.6 Å². The molecule has 0 unspecified atom stereocenters. The summed E-state index contributed by atoms with van der Waals surface area (Å²) in [5, 5.41) is 4.05. The highest BCUT2D eigenvalue weighted by molar-refractivity contribution is 5.67. The molecule has 1 fully saturated rings. The van der Waals surface area contributed by atoms with E-state index in [9.17, 15) is 4.79 Å². The Bertz CT molecular complexity index is 344. The zero-order valence-corrected chi connectivity index (χ0v) is 9.97. The molecule has 0 aromatic heterocycles. The first-order valence-electron chi connectivity index (χ1n) is 6.26. The van der Waals surface area contributed by atoms with Gasteiger partial charge in [-0.15, -0.1) is 0 Å². The standard InChI is InChI=1S/C14H18NO2/c16-14(15-13-8-4-5-9-13)17-11-10-12-6-2-1-3-7-12/h1-3,6-7,13H,4-5,8-11H2. The maximum Gasteiger partial charge on any atom is 0.429 e. The molecule has 2 rings (SSSR count). The summed E-state index contributed by atoms with van der Waals surface area (Å²) >= 11 is 0. The van der Waals surface area contributed by atoms with Gasteiger partial charge in [-0.1, -0.05) is 43.2 Å². The van der Waals surface area contributed by atoms with Crippen molar-refractivity contribution in [1.29, 1.82) is 0 Å². The Morgan fingerprint density at radius 2 is 1.94 bits per heavy atom. The van der Waals surface area contributed by atoms with Crippen LogP contribution in [0, 0.1) is 0 Å². The van der Waals surface area contributed by atoms with Gasteiger partial charge in [-0.3, -0.25) is 0 Å². The predicted molar refractivity (Wildman–Crippen MR) is 65.9 cm³/mol. The minimum Gasteiger partial charge on any atom is -0.448 e. The van der Waals surface area contributed by atoms with Crippen molar-refractivity contribution in [1.82, 2.24) is 5.32 Å². The molecule has 0 bridgehead atoms. The molecule has 1 amide bonds. The van der Waals surface area contributed by atoms with Gasteiger partial charge in [0, 0.05) is 6.42 Å². The average Bonchev–Trinajstić information content (AvgIpc) is 2.83. The summed E-state index contributed by atoms with van der Waals surface area (Å²) in [6.45, 7) is 0.416. The van der Waals surface area contributed by atoms with Gasteiger partial charge in [0.1, 0.15) is 0 Å². The zero-order valence-electron chi connectivity index (χ0n) is 9.97. The Morgan fingerprint density at radius 3 is 2.65 bits per heavy atom. The molecule has 3 heteroatoms. The normalized spacial score (nSPS) is 15.8. The number of benzene rings is 1. The van der Waals surface area contributed by atoms with E-state index in [1.54, 1.807) is 0 Å². The molecule has 1 aromatic rings. The van der Waals surface area contributed by atoms with E-state index in [-0.39, 0.29) is 6.04 Å². The van der Waals surface area contributed by atoms with Crippen molar-refractivity contribution in [3.05, 3.63) is 35.9 Å². The van der Waals surface area contributed by atoms with Gasteiger partial charge >= 0.3 is 6.09 Å². The molecule has 1 aromatic carbocycles. The lowest BCUT2D eigenvalue weighted by molar-refractivity contribution is 0.142. The second kappa shape index (κ2) is 6.28. The Labute approximate surface area is 102 Å². The molecule has 1 radical (unpaired) electrons. The quantitative estimate of drug-likeness (QED) is 0.800. The number of nitrogens with zero attached hydrogens (tertiary/aromatic N) is 1. The summed E-state index contributed by atoms with van der Waals surface area (Å²) in [6, 6.07) is 10.2. The molecule has 3 nitrogen and oxygen atoms in total. The van der Waals surface area contributed by atoms with Crippen LogP contribution < -0.4 is 5.32 Å². The molecule has 0 spiro atoms. The lowest BCUT2D eigenvalue weighted by atomic mass is 10.2. The molecular weight excluding hydrogens is 214 g/mol. The Morgan fingerprint density at radius 1 is 1.24 bits per heavy atom. The maximum atomic E-state index is 11.4. The van der Waals surface area contributed by atoms with Crippen LogP contribution in [0.1, 0.15) is 31.2 Å². The van der Waals surface area contributed by atoms with Crippen LogP contribution in [-0.2, 0) is 11.2 Å². The fourth-order valence-corrected chi connectivity index (χ4v) is 2.12. The third-order valence-electron chi connectivity index (χ3n) is 3.07. The summed E-state index contributed by atoms with van der Waals surface area (Å²) in [6.07, 6.45) is 4.80. The average molecular weight is 232 g/mol. The molecule has 0 saturated heterocycles. The van der Waals surface area contributed by atoms with E-state index in [1.165, 1.54) is 18.4 Å². The summed E-state index contributed by atoms with van der Waals surface area (Å²) in [5.74, 6) is 0. The molecule has 1 aliphatic carbocycles. The van der Waals surface area contributed by atoms with Gasteiger partial charge in [0.2, 0.25) is 0 Å². The van der Waals surface area contributed by atoms with E-state index in [1.807, 2.05) is 30.3 Å². The fourth-order valence-electron chi connectivity index (χ4n) is 2.12. The van der Waals surface area contributed by atoms with Crippen LogP contribution in [0.15, 0.2) is 30.3 Å². The number of hydrogen-bond acceptors (Lipinski definition) is 2. The second-order valence-electron chi connectivity index (χ2n) is 4.42. The third kappa shape index (κ3) is 4.10. The van der Waals surface area contributed by atoms with Crippen molar-refractivity contribution in [2.24, 2.45) is 0 Å². The maximum absolute atomic E-state index is 11.4. The minimum absolute atomic E-state index is 0.208. The van der Waals surface area contributed by atoms with E-state index in [2.05, 4.69) is 5.32 Å². The number of ether oxygens (including phenoxy) is 1. The van der Waals surface area contributed by atoms with Crippen molar-refractivity contribution in [2.45, 2.75) is 38.1 Å². The molecule has 0 aliphatic heterocycles. The topological polar surface area (TPSA) is 40.4 Å². The van der Waals surface area contributed by atoms with Crippen LogP contribution in [0.25, 0.3) is 0 Å². The molecule has 1 aliphatic rings. The summed E-state index contributed by atoms with van der Waals surface area (Å²) in [7, 11) is 0. The highest BCUT2D eigenvalue weighted by Gasteiger charge is 2.19. The van der Waals surface area contributed by atoms with E-state index in [0.717, 1.165) is 19.3 Å². The first-order valence-corrected chi connectivity index (χ1v) is 6.26. The fraction of sp³-hybridized carbons (Fsp3) is 0.500. The van der Waals surface area contributed by atoms with Crippen LogP contribution in [0.4, 0.5) is 4.79 Å². The third-order valence-corrected chi connectivity index (χ3v) is 3.07. The Hall–Kier alpha value is -1.51. The number of carbonyl (C=O) groups is 1. The first-order chi connectivity index (χ1) is 8.34. The molecule has 17 heavy (non-hydrogen) atoms. The summed E-state index contributed by atoms with van der Waals surface area (Å²) < 4.78 is 5.10. The van der Waals surface area contributed by atoms with Crippen molar-refractivity contribution < 1.29 is 9.53 Å². The smallest absolute Gasteiger partial charge is 0.429 e. The van der Waals surface area contributed by atoms with Gasteiger partial charge in [-0.2, -0.15) is 0 Å². The molecule has 1 saturated carbocycles. The van der Waals surface area contributed by atoms with Crippen LogP contribution in [0.5, 0.6) is 0 Å². The number of hydrogen-bond donors (Lipinski definition) is 0. The molecule has 0 N–H and O–H groups in total. The van der Waals surface area contributed by atoms with Crippen molar-refractivity contribution in [2.75, 3.05) is 6.61 Å². The van der Waals surface area contributed by atoms with E-state index >= 15 is 0 Å².